The van der Waals surface area contributed by atoms with Crippen molar-refractivity contribution in [2.45, 2.75) is 19.9 Å². The monoisotopic (exact) mass is 621 g/mol. The highest BCUT2D eigenvalue weighted by atomic mass is 16.3. The van der Waals surface area contributed by atoms with E-state index in [9.17, 15) is 0 Å². The van der Waals surface area contributed by atoms with Gasteiger partial charge in [-0.25, -0.2) is 0 Å². The Bertz CT molecular complexity index is 2520. The number of nitrogens with zero attached hydrogens (tertiary/aromatic N) is 2. The Morgan fingerprint density at radius 2 is 1.40 bits per heavy atom. The lowest BCUT2D eigenvalue weighted by atomic mass is 9.96. The second-order valence-corrected chi connectivity index (χ2v) is 12.8. The van der Waals surface area contributed by atoms with E-state index >= 15 is 0 Å². The highest BCUT2D eigenvalue weighted by molar-refractivity contribution is 6.23. The van der Waals surface area contributed by atoms with Crippen LogP contribution in [-0.4, -0.2) is 4.57 Å². The number of furan rings is 1. The maximum absolute atomic E-state index is 6.77. The molecule has 48 heavy (non-hydrogen) atoms. The van der Waals surface area contributed by atoms with E-state index < -0.39 is 0 Å². The average Bonchev–Trinajstić information content (AvgIpc) is 3.69. The maximum Gasteiger partial charge on any atom is 0.145 e. The summed E-state index contributed by atoms with van der Waals surface area (Å²) < 4.78 is 8.85. The van der Waals surface area contributed by atoms with Gasteiger partial charge in [-0.2, -0.15) is 0 Å². The standard InChI is InChI=1S/C44H35N3O/c1-29-10-9-16-40(43(29)45)46(33-24-20-32(21-25-33)31-11-3-2-4-12-31)28-30-18-22-34(23-19-30)47-38-15-7-5-14-37(38)42-39(47)27-26-36-35-13-6-8-17-41(35)48-44(36)42/h2-9,11-27,29H,10,28,45H2,1H3. The van der Waals surface area contributed by atoms with Gasteiger partial charge in [0.2, 0.25) is 0 Å². The molecule has 8 aromatic rings. The van der Waals surface area contributed by atoms with Crippen molar-refractivity contribution in [3.05, 3.63) is 169 Å². The van der Waals surface area contributed by atoms with Crippen LogP contribution in [0.5, 0.6) is 0 Å². The minimum absolute atomic E-state index is 0.298. The first kappa shape index (κ1) is 28.2. The zero-order valence-electron chi connectivity index (χ0n) is 26.8. The highest BCUT2D eigenvalue weighted by Gasteiger charge is 2.21. The van der Waals surface area contributed by atoms with E-state index in [1.54, 1.807) is 0 Å². The summed E-state index contributed by atoms with van der Waals surface area (Å²) in [6, 6.07) is 49.6. The number of para-hydroxylation sites is 2. The second-order valence-electron chi connectivity index (χ2n) is 12.8. The van der Waals surface area contributed by atoms with Gasteiger partial charge in [0.1, 0.15) is 11.2 Å². The molecule has 2 aromatic heterocycles. The van der Waals surface area contributed by atoms with Crippen LogP contribution in [0.15, 0.2) is 167 Å². The van der Waals surface area contributed by atoms with Gasteiger partial charge in [0.25, 0.3) is 0 Å². The van der Waals surface area contributed by atoms with Crippen LogP contribution < -0.4 is 10.6 Å². The lowest BCUT2D eigenvalue weighted by Gasteiger charge is -2.31. The number of fused-ring (bicyclic) bond motifs is 7. The molecule has 0 saturated carbocycles. The van der Waals surface area contributed by atoms with Crippen molar-refractivity contribution in [3.63, 3.8) is 0 Å². The maximum atomic E-state index is 6.77. The molecule has 0 radical (unpaired) electrons. The molecule has 6 aromatic carbocycles. The first-order valence-electron chi connectivity index (χ1n) is 16.7. The summed E-state index contributed by atoms with van der Waals surface area (Å²) in [5, 5.41) is 4.63. The van der Waals surface area contributed by atoms with Gasteiger partial charge in [0.15, 0.2) is 0 Å². The van der Waals surface area contributed by atoms with E-state index in [4.69, 9.17) is 10.2 Å². The molecule has 0 saturated heterocycles. The van der Waals surface area contributed by atoms with Crippen LogP contribution in [0.1, 0.15) is 18.9 Å². The summed E-state index contributed by atoms with van der Waals surface area (Å²) in [6.45, 7) is 2.90. The summed E-state index contributed by atoms with van der Waals surface area (Å²) in [5.41, 5.74) is 18.8. The molecule has 1 aliphatic carbocycles. The third kappa shape index (κ3) is 4.60. The van der Waals surface area contributed by atoms with Gasteiger partial charge >= 0.3 is 0 Å². The van der Waals surface area contributed by atoms with Crippen molar-refractivity contribution in [1.29, 1.82) is 0 Å². The molecular weight excluding hydrogens is 587 g/mol. The Labute approximate surface area is 279 Å². The number of rotatable bonds is 6. The summed E-state index contributed by atoms with van der Waals surface area (Å²) in [7, 11) is 0. The highest BCUT2D eigenvalue weighted by Crippen LogP contribution is 2.40. The van der Waals surface area contributed by atoms with Crippen molar-refractivity contribution >= 4 is 49.4 Å². The fraction of sp³-hybridized carbons (Fsp3) is 0.0909. The molecule has 4 nitrogen and oxygen atoms in total. The molecule has 2 heterocycles. The number of nitrogens with two attached hydrogens (primary N) is 1. The largest absolute Gasteiger partial charge is 0.455 e. The Hall–Kier alpha value is -6.00. The molecule has 4 heteroatoms. The third-order valence-corrected chi connectivity index (χ3v) is 9.88. The molecule has 0 fully saturated rings. The first-order chi connectivity index (χ1) is 23.6. The quantitative estimate of drug-likeness (QED) is 0.201. The van der Waals surface area contributed by atoms with Crippen molar-refractivity contribution in [2.24, 2.45) is 11.7 Å². The van der Waals surface area contributed by atoms with Crippen molar-refractivity contribution in [2.75, 3.05) is 4.90 Å². The van der Waals surface area contributed by atoms with E-state index in [0.717, 1.165) is 67.5 Å². The summed E-state index contributed by atoms with van der Waals surface area (Å²) in [4.78, 5) is 2.35. The van der Waals surface area contributed by atoms with E-state index in [-0.39, 0.29) is 0 Å². The smallest absolute Gasteiger partial charge is 0.145 e. The lowest BCUT2D eigenvalue weighted by Crippen LogP contribution is -2.28. The van der Waals surface area contributed by atoms with Crippen LogP contribution in [0.2, 0.25) is 0 Å². The van der Waals surface area contributed by atoms with Gasteiger partial charge in [0, 0.05) is 45.7 Å². The van der Waals surface area contributed by atoms with Crippen LogP contribution in [0.3, 0.4) is 0 Å². The first-order valence-corrected chi connectivity index (χ1v) is 16.7. The van der Waals surface area contributed by atoms with Gasteiger partial charge in [-0.1, -0.05) is 104 Å². The van der Waals surface area contributed by atoms with E-state index in [1.807, 2.05) is 12.1 Å². The predicted octanol–water partition coefficient (Wildman–Crippen LogP) is 11.1. The van der Waals surface area contributed by atoms with E-state index in [2.05, 4.69) is 156 Å². The lowest BCUT2D eigenvalue weighted by molar-refractivity contribution is 0.658. The van der Waals surface area contributed by atoms with Crippen molar-refractivity contribution < 1.29 is 4.42 Å². The number of benzene rings is 6. The number of hydrogen-bond donors (Lipinski definition) is 1. The second kappa shape index (κ2) is 11.4. The van der Waals surface area contributed by atoms with Gasteiger partial charge < -0.3 is 19.6 Å². The van der Waals surface area contributed by atoms with Crippen LogP contribution in [0.25, 0.3) is 60.6 Å². The molecule has 2 N–H and O–H groups in total. The molecule has 0 bridgehead atoms. The van der Waals surface area contributed by atoms with Crippen LogP contribution >= 0.6 is 0 Å². The van der Waals surface area contributed by atoms with E-state index in [1.165, 1.54) is 22.1 Å². The zero-order chi connectivity index (χ0) is 32.2. The van der Waals surface area contributed by atoms with Crippen LogP contribution in [0.4, 0.5) is 5.69 Å². The molecule has 0 spiro atoms. The predicted molar refractivity (Wildman–Crippen MR) is 200 cm³/mol. The SMILES string of the molecule is CC1CC=CC(N(Cc2ccc(-n3c4ccccc4c4c5oc6ccccc6c5ccc43)cc2)c2ccc(-c3ccccc3)cc2)=C1N. The van der Waals surface area contributed by atoms with Gasteiger partial charge in [-0.15, -0.1) is 0 Å². The minimum Gasteiger partial charge on any atom is -0.455 e. The number of allylic oxidation sites excluding steroid dienone is 3. The molecule has 0 aliphatic heterocycles. The molecule has 1 unspecified atom stereocenters. The molecular formula is C44H35N3O. The molecule has 1 atom stereocenters. The Balaban J connectivity index is 1.12. The average molecular weight is 622 g/mol. The molecule has 1 aliphatic rings. The molecule has 0 amide bonds. The fourth-order valence-electron chi connectivity index (χ4n) is 7.33. The van der Waals surface area contributed by atoms with Crippen molar-refractivity contribution in [3.8, 4) is 16.8 Å². The van der Waals surface area contributed by atoms with Gasteiger partial charge in [-0.3, -0.25) is 0 Å². The summed E-state index contributed by atoms with van der Waals surface area (Å²) in [5.74, 6) is 0.298. The normalized spacial score (nSPS) is 14.9. The summed E-state index contributed by atoms with van der Waals surface area (Å²) in [6.07, 6.45) is 5.39. The van der Waals surface area contributed by atoms with Gasteiger partial charge in [0.05, 0.1) is 22.1 Å². The van der Waals surface area contributed by atoms with Crippen LogP contribution in [0, 0.1) is 5.92 Å². The number of anilines is 1. The van der Waals surface area contributed by atoms with Crippen LogP contribution in [-0.2, 0) is 6.54 Å². The van der Waals surface area contributed by atoms with Gasteiger partial charge in [-0.05, 0) is 77.7 Å². The van der Waals surface area contributed by atoms with Crippen molar-refractivity contribution in [1.82, 2.24) is 4.57 Å². The van der Waals surface area contributed by atoms with E-state index in [0.29, 0.717) is 12.5 Å². The fourth-order valence-corrected chi connectivity index (χ4v) is 7.33. The Morgan fingerprint density at radius 1 is 0.688 bits per heavy atom. The Kier molecular flexibility index (Phi) is 6.68. The topological polar surface area (TPSA) is 47.3 Å². The molecule has 232 valence electrons. The molecule has 9 rings (SSSR count). The summed E-state index contributed by atoms with van der Waals surface area (Å²) >= 11 is 0. The minimum atomic E-state index is 0.298. The third-order valence-electron chi connectivity index (χ3n) is 9.88. The zero-order valence-corrected chi connectivity index (χ0v) is 26.8. The number of aromatic nitrogens is 1. The Morgan fingerprint density at radius 3 is 2.21 bits per heavy atom. The number of hydrogen-bond acceptors (Lipinski definition) is 3.